The minimum absolute atomic E-state index is 0.0975. The molecule has 2 heterocycles. The van der Waals surface area contributed by atoms with Crippen molar-refractivity contribution in [3.63, 3.8) is 0 Å². The van der Waals surface area contributed by atoms with Gasteiger partial charge in [0.25, 0.3) is 15.6 Å². The quantitative estimate of drug-likeness (QED) is 0.778. The molecule has 0 atom stereocenters. The van der Waals surface area contributed by atoms with Crippen molar-refractivity contribution in [3.05, 3.63) is 50.4 Å². The highest BCUT2D eigenvalue weighted by molar-refractivity contribution is 7.92. The molecule has 10 heteroatoms. The number of sulfonamides is 1. The summed E-state index contributed by atoms with van der Waals surface area (Å²) in [7, 11) is -0.328. The van der Waals surface area contributed by atoms with Crippen LogP contribution in [0.2, 0.25) is 5.02 Å². The molecule has 0 bridgehead atoms. The predicted molar refractivity (Wildman–Crippen MR) is 81.8 cm³/mol. The lowest BCUT2D eigenvalue weighted by atomic mass is 10.5. The standard InChI is InChI=1S/C12H13ClN4O4S/c1-15-7-9(11(18)16(2)12(15)19)22(20,21)17(3)10-5-4-8(13)6-14-10/h4-7H,1-3H3. The normalized spacial score (nSPS) is 11.5. The molecule has 0 aromatic carbocycles. The first-order valence-corrected chi connectivity index (χ1v) is 7.85. The number of hydrogen-bond acceptors (Lipinski definition) is 5. The monoisotopic (exact) mass is 344 g/mol. The highest BCUT2D eigenvalue weighted by Crippen LogP contribution is 2.18. The molecule has 0 aliphatic carbocycles. The maximum Gasteiger partial charge on any atom is 0.330 e. The first-order chi connectivity index (χ1) is 10.2. The average Bonchev–Trinajstić information content (AvgIpc) is 2.48. The van der Waals surface area contributed by atoms with Gasteiger partial charge >= 0.3 is 5.69 Å². The zero-order chi connectivity index (χ0) is 16.7. The van der Waals surface area contributed by atoms with Crippen LogP contribution < -0.4 is 15.6 Å². The van der Waals surface area contributed by atoms with Crippen molar-refractivity contribution in [2.75, 3.05) is 11.4 Å². The first kappa shape index (κ1) is 16.2. The molecule has 0 saturated carbocycles. The fraction of sp³-hybridized carbons (Fsp3) is 0.250. The molecule has 0 aliphatic rings. The predicted octanol–water partition coefficient (Wildman–Crippen LogP) is -0.0425. The van der Waals surface area contributed by atoms with Crippen LogP contribution in [0.5, 0.6) is 0 Å². The van der Waals surface area contributed by atoms with Gasteiger partial charge in [0.2, 0.25) is 0 Å². The molecule has 0 saturated heterocycles. The Kier molecular flexibility index (Phi) is 4.12. The van der Waals surface area contributed by atoms with Gasteiger partial charge in [-0.1, -0.05) is 11.6 Å². The second kappa shape index (κ2) is 5.58. The molecule has 0 aliphatic heterocycles. The summed E-state index contributed by atoms with van der Waals surface area (Å²) in [6, 6.07) is 2.89. The number of anilines is 1. The van der Waals surface area contributed by atoms with E-state index in [0.29, 0.717) is 5.02 Å². The molecule has 118 valence electrons. The summed E-state index contributed by atoms with van der Waals surface area (Å²) in [6.45, 7) is 0. The fourth-order valence-corrected chi connectivity index (χ4v) is 3.19. The Balaban J connectivity index is 2.63. The van der Waals surface area contributed by atoms with E-state index >= 15 is 0 Å². The van der Waals surface area contributed by atoms with Gasteiger partial charge in [0.15, 0.2) is 4.90 Å². The molecule has 2 rings (SSSR count). The lowest BCUT2D eigenvalue weighted by Crippen LogP contribution is -2.42. The third-order valence-electron chi connectivity index (χ3n) is 3.09. The van der Waals surface area contributed by atoms with Gasteiger partial charge in [0, 0.05) is 33.5 Å². The minimum Gasteiger partial charge on any atom is -0.302 e. The number of halogens is 1. The fourth-order valence-electron chi connectivity index (χ4n) is 1.78. The summed E-state index contributed by atoms with van der Waals surface area (Å²) in [5.74, 6) is 0.0975. The maximum absolute atomic E-state index is 12.6. The van der Waals surface area contributed by atoms with E-state index in [9.17, 15) is 18.0 Å². The number of nitrogens with zero attached hydrogens (tertiary/aromatic N) is 4. The van der Waals surface area contributed by atoms with Crippen molar-refractivity contribution in [1.82, 2.24) is 14.1 Å². The Bertz CT molecular complexity index is 931. The molecule has 0 N–H and O–H groups in total. The van der Waals surface area contributed by atoms with Crippen molar-refractivity contribution in [2.45, 2.75) is 4.90 Å². The van der Waals surface area contributed by atoms with Crippen LogP contribution in [0.15, 0.2) is 39.0 Å². The second-order valence-electron chi connectivity index (χ2n) is 4.56. The molecular weight excluding hydrogens is 332 g/mol. The van der Waals surface area contributed by atoms with E-state index in [4.69, 9.17) is 11.6 Å². The first-order valence-electron chi connectivity index (χ1n) is 6.03. The highest BCUT2D eigenvalue weighted by Gasteiger charge is 2.27. The molecule has 0 unspecified atom stereocenters. The zero-order valence-corrected chi connectivity index (χ0v) is 13.6. The van der Waals surface area contributed by atoms with E-state index in [2.05, 4.69) is 4.98 Å². The summed E-state index contributed by atoms with van der Waals surface area (Å²) in [5.41, 5.74) is -1.51. The van der Waals surface area contributed by atoms with Crippen LogP contribution in [0, 0.1) is 0 Å². The van der Waals surface area contributed by atoms with Crippen molar-refractivity contribution in [3.8, 4) is 0 Å². The Labute approximate surface area is 131 Å². The zero-order valence-electron chi connectivity index (χ0n) is 12.0. The van der Waals surface area contributed by atoms with Crippen molar-refractivity contribution in [1.29, 1.82) is 0 Å². The average molecular weight is 345 g/mol. The Hall–Kier alpha value is -2.13. The number of pyridine rings is 1. The smallest absolute Gasteiger partial charge is 0.302 e. The minimum atomic E-state index is -4.16. The third kappa shape index (κ3) is 2.64. The largest absolute Gasteiger partial charge is 0.330 e. The van der Waals surface area contributed by atoms with Gasteiger partial charge in [-0.05, 0) is 12.1 Å². The van der Waals surface area contributed by atoms with E-state index in [0.717, 1.165) is 19.6 Å². The van der Waals surface area contributed by atoms with Gasteiger partial charge in [-0.2, -0.15) is 0 Å². The number of aromatic nitrogens is 3. The van der Waals surface area contributed by atoms with E-state index < -0.39 is 26.2 Å². The molecular formula is C12H13ClN4O4S. The van der Waals surface area contributed by atoms with Crippen LogP contribution in [-0.2, 0) is 24.1 Å². The highest BCUT2D eigenvalue weighted by atomic mass is 35.5. The SMILES string of the molecule is CN(c1ccc(Cl)cn1)S(=O)(=O)c1cn(C)c(=O)n(C)c1=O. The lowest BCUT2D eigenvalue weighted by Gasteiger charge is -2.18. The van der Waals surface area contributed by atoms with E-state index in [1.54, 1.807) is 0 Å². The van der Waals surface area contributed by atoms with Gasteiger partial charge in [-0.3, -0.25) is 13.7 Å². The van der Waals surface area contributed by atoms with Crippen molar-refractivity contribution >= 4 is 27.4 Å². The summed E-state index contributed by atoms with van der Waals surface area (Å²) < 4.78 is 27.8. The number of aryl methyl sites for hydroxylation is 1. The van der Waals surface area contributed by atoms with E-state index in [1.165, 1.54) is 39.5 Å². The van der Waals surface area contributed by atoms with E-state index in [-0.39, 0.29) is 5.82 Å². The third-order valence-corrected chi connectivity index (χ3v) is 5.06. The summed E-state index contributed by atoms with van der Waals surface area (Å²) in [5, 5.41) is 0.354. The summed E-state index contributed by atoms with van der Waals surface area (Å²) in [6.07, 6.45) is 2.29. The molecule has 2 aromatic heterocycles. The molecule has 0 fully saturated rings. The van der Waals surface area contributed by atoms with Gasteiger partial charge < -0.3 is 4.57 Å². The van der Waals surface area contributed by atoms with Crippen molar-refractivity contribution < 1.29 is 8.42 Å². The molecule has 0 radical (unpaired) electrons. The molecule has 22 heavy (non-hydrogen) atoms. The van der Waals surface area contributed by atoms with Crippen molar-refractivity contribution in [2.24, 2.45) is 14.1 Å². The van der Waals surface area contributed by atoms with Crippen LogP contribution in [0.3, 0.4) is 0 Å². The lowest BCUT2D eigenvalue weighted by molar-refractivity contribution is 0.582. The molecule has 2 aromatic rings. The van der Waals surface area contributed by atoms with Gasteiger partial charge in [-0.15, -0.1) is 0 Å². The topological polar surface area (TPSA) is 94.3 Å². The molecule has 8 nitrogen and oxygen atoms in total. The van der Waals surface area contributed by atoms with Gasteiger partial charge in [0.1, 0.15) is 5.82 Å². The van der Waals surface area contributed by atoms with E-state index in [1.807, 2.05) is 0 Å². The van der Waals surface area contributed by atoms with Gasteiger partial charge in [0.05, 0.1) is 5.02 Å². The van der Waals surface area contributed by atoms with Crippen LogP contribution in [0.25, 0.3) is 0 Å². The number of hydrogen-bond donors (Lipinski definition) is 0. The van der Waals surface area contributed by atoms with Crippen LogP contribution in [0.1, 0.15) is 0 Å². The molecule has 0 amide bonds. The molecule has 0 spiro atoms. The van der Waals surface area contributed by atoms with Crippen LogP contribution in [0.4, 0.5) is 5.82 Å². The second-order valence-corrected chi connectivity index (χ2v) is 6.93. The Morgan fingerprint density at radius 3 is 2.41 bits per heavy atom. The summed E-state index contributed by atoms with van der Waals surface area (Å²) >= 11 is 5.71. The van der Waals surface area contributed by atoms with Gasteiger partial charge in [-0.25, -0.2) is 18.2 Å². The number of rotatable bonds is 3. The maximum atomic E-state index is 12.6. The Morgan fingerprint density at radius 2 is 1.86 bits per heavy atom. The summed E-state index contributed by atoms with van der Waals surface area (Å²) in [4.78, 5) is 27.1. The van der Waals surface area contributed by atoms with Crippen LogP contribution >= 0.6 is 11.6 Å². The van der Waals surface area contributed by atoms with Crippen LogP contribution in [-0.4, -0.2) is 29.6 Å². The Morgan fingerprint density at radius 1 is 1.23 bits per heavy atom.